The number of hydrogen-bond donors (Lipinski definition) is 1. The first-order valence-corrected chi connectivity index (χ1v) is 7.03. The Balaban J connectivity index is 1.81. The summed E-state index contributed by atoms with van der Waals surface area (Å²) in [5.41, 5.74) is -0.275. The van der Waals surface area contributed by atoms with Crippen LogP contribution in [0.1, 0.15) is 43.3 Å². The van der Waals surface area contributed by atoms with Gasteiger partial charge in [0.15, 0.2) is 5.82 Å². The highest BCUT2D eigenvalue weighted by Crippen LogP contribution is 2.47. The number of halogens is 2. The molecule has 1 N–H and O–H groups in total. The van der Waals surface area contributed by atoms with Crippen molar-refractivity contribution in [3.8, 4) is 0 Å². The minimum absolute atomic E-state index is 0.164. The number of aromatic nitrogens is 2. The molecule has 2 aliphatic rings. The molecule has 0 aromatic carbocycles. The van der Waals surface area contributed by atoms with Crippen molar-refractivity contribution in [1.82, 2.24) is 20.4 Å². The summed E-state index contributed by atoms with van der Waals surface area (Å²) in [4.78, 5) is 6.53. The van der Waals surface area contributed by atoms with E-state index in [1.165, 1.54) is 0 Å². The quantitative estimate of drug-likeness (QED) is 0.917. The molecule has 3 rings (SSSR count). The van der Waals surface area contributed by atoms with Crippen LogP contribution in [-0.2, 0) is 5.54 Å². The lowest BCUT2D eigenvalue weighted by molar-refractivity contribution is -0.0888. The molecular weight excluding hydrogens is 266 g/mol. The van der Waals surface area contributed by atoms with Gasteiger partial charge in [-0.25, -0.2) is 8.78 Å². The Morgan fingerprint density at radius 2 is 1.90 bits per heavy atom. The minimum atomic E-state index is -2.56. The second kappa shape index (κ2) is 4.73. The van der Waals surface area contributed by atoms with E-state index in [2.05, 4.69) is 20.4 Å². The molecule has 0 radical (unpaired) electrons. The molecule has 0 spiro atoms. The number of piperidine rings is 1. The molecule has 1 saturated carbocycles. The summed E-state index contributed by atoms with van der Waals surface area (Å²) in [6.45, 7) is 1.77. The number of hydrogen-bond acceptors (Lipinski definition) is 5. The van der Waals surface area contributed by atoms with Crippen LogP contribution in [0.3, 0.4) is 0 Å². The van der Waals surface area contributed by atoms with Gasteiger partial charge in [0.25, 0.3) is 0 Å². The fraction of sp³-hybridized carbons (Fsp3) is 0.846. The Labute approximate surface area is 116 Å². The molecule has 0 amide bonds. The summed E-state index contributed by atoms with van der Waals surface area (Å²) >= 11 is 0. The lowest BCUT2D eigenvalue weighted by Gasteiger charge is -2.39. The van der Waals surface area contributed by atoms with Crippen LogP contribution in [0, 0.1) is 0 Å². The predicted octanol–water partition coefficient (Wildman–Crippen LogP) is 1.72. The molecular formula is C13H20F2N4O. The van der Waals surface area contributed by atoms with Gasteiger partial charge in [-0.3, -0.25) is 4.90 Å². The van der Waals surface area contributed by atoms with E-state index in [0.717, 1.165) is 25.9 Å². The highest BCUT2D eigenvalue weighted by atomic mass is 19.3. The largest absolute Gasteiger partial charge is 0.337 e. The maximum atomic E-state index is 12.9. The SMILES string of the molecule is CN(C)C1(c2nc(C3CC(F)(F)C3)no2)CCNCC1. The van der Waals surface area contributed by atoms with E-state index < -0.39 is 5.92 Å². The van der Waals surface area contributed by atoms with Gasteiger partial charge in [-0.05, 0) is 40.0 Å². The van der Waals surface area contributed by atoms with Crippen LogP contribution in [-0.4, -0.2) is 48.1 Å². The molecule has 2 heterocycles. The highest BCUT2D eigenvalue weighted by molar-refractivity contribution is 5.11. The molecule has 1 aliphatic carbocycles. The summed E-state index contributed by atoms with van der Waals surface area (Å²) in [5.74, 6) is -1.82. The van der Waals surface area contributed by atoms with Gasteiger partial charge in [-0.2, -0.15) is 4.98 Å². The van der Waals surface area contributed by atoms with Crippen LogP contribution in [0.5, 0.6) is 0 Å². The first-order chi connectivity index (χ1) is 9.43. The third-order valence-electron chi connectivity index (χ3n) is 4.58. The van der Waals surface area contributed by atoms with E-state index in [9.17, 15) is 8.78 Å². The fourth-order valence-corrected chi connectivity index (χ4v) is 3.13. The second-order valence-corrected chi connectivity index (χ2v) is 6.09. The average Bonchev–Trinajstić information content (AvgIpc) is 2.86. The topological polar surface area (TPSA) is 54.2 Å². The Hall–Kier alpha value is -1.08. The van der Waals surface area contributed by atoms with E-state index in [4.69, 9.17) is 4.52 Å². The summed E-state index contributed by atoms with van der Waals surface area (Å²) in [7, 11) is 3.99. The van der Waals surface area contributed by atoms with Crippen LogP contribution >= 0.6 is 0 Å². The van der Waals surface area contributed by atoms with Gasteiger partial charge in [0.1, 0.15) is 5.54 Å². The molecule has 1 aromatic heterocycles. The van der Waals surface area contributed by atoms with Crippen LogP contribution in [0.15, 0.2) is 4.52 Å². The molecule has 1 saturated heterocycles. The first-order valence-electron chi connectivity index (χ1n) is 7.03. The van der Waals surface area contributed by atoms with Gasteiger partial charge >= 0.3 is 0 Å². The summed E-state index contributed by atoms with van der Waals surface area (Å²) < 4.78 is 31.3. The molecule has 0 bridgehead atoms. The van der Waals surface area contributed by atoms with E-state index in [1.807, 2.05) is 14.1 Å². The summed E-state index contributed by atoms with van der Waals surface area (Å²) in [5, 5.41) is 7.25. The fourth-order valence-electron chi connectivity index (χ4n) is 3.13. The van der Waals surface area contributed by atoms with Crippen molar-refractivity contribution in [3.63, 3.8) is 0 Å². The van der Waals surface area contributed by atoms with Crippen molar-refractivity contribution in [2.24, 2.45) is 0 Å². The Bertz CT molecular complexity index is 474. The standard InChI is InChI=1S/C13H20F2N4O/c1-19(2)12(3-5-16-6-4-12)11-17-10(18-20-11)9-7-13(14,15)8-9/h9,16H,3-8H2,1-2H3. The maximum absolute atomic E-state index is 12.9. The molecule has 0 unspecified atom stereocenters. The highest BCUT2D eigenvalue weighted by Gasteiger charge is 2.49. The van der Waals surface area contributed by atoms with Crippen molar-refractivity contribution in [1.29, 1.82) is 0 Å². The van der Waals surface area contributed by atoms with Crippen LogP contribution in [0.2, 0.25) is 0 Å². The van der Waals surface area contributed by atoms with Crippen molar-refractivity contribution in [3.05, 3.63) is 11.7 Å². The molecule has 5 nitrogen and oxygen atoms in total. The summed E-state index contributed by atoms with van der Waals surface area (Å²) in [6.07, 6.45) is 1.43. The van der Waals surface area contributed by atoms with Gasteiger partial charge < -0.3 is 9.84 Å². The van der Waals surface area contributed by atoms with E-state index in [-0.39, 0.29) is 24.3 Å². The molecule has 1 aromatic rings. The van der Waals surface area contributed by atoms with Crippen LogP contribution in [0.4, 0.5) is 8.78 Å². The average molecular weight is 286 g/mol. The van der Waals surface area contributed by atoms with Crippen molar-refractivity contribution in [2.75, 3.05) is 27.2 Å². The van der Waals surface area contributed by atoms with Crippen molar-refractivity contribution >= 4 is 0 Å². The lowest BCUT2D eigenvalue weighted by atomic mass is 9.81. The van der Waals surface area contributed by atoms with Crippen molar-refractivity contribution < 1.29 is 13.3 Å². The Morgan fingerprint density at radius 3 is 2.45 bits per heavy atom. The molecule has 7 heteroatoms. The van der Waals surface area contributed by atoms with E-state index in [0.29, 0.717) is 11.7 Å². The molecule has 1 aliphatic heterocycles. The third kappa shape index (κ3) is 2.22. The third-order valence-corrected chi connectivity index (χ3v) is 4.58. The predicted molar refractivity (Wildman–Crippen MR) is 68.7 cm³/mol. The minimum Gasteiger partial charge on any atom is -0.337 e. The van der Waals surface area contributed by atoms with Gasteiger partial charge in [0.05, 0.1) is 0 Å². The Kier molecular flexibility index (Phi) is 3.29. The molecule has 112 valence electrons. The smallest absolute Gasteiger partial charge is 0.249 e. The lowest BCUT2D eigenvalue weighted by Crippen LogP contribution is -2.49. The zero-order valence-corrected chi connectivity index (χ0v) is 11.8. The first kappa shape index (κ1) is 13.9. The van der Waals surface area contributed by atoms with Crippen molar-refractivity contribution in [2.45, 2.75) is 43.1 Å². The van der Waals surface area contributed by atoms with Gasteiger partial charge in [-0.15, -0.1) is 0 Å². The number of nitrogens with one attached hydrogen (secondary N) is 1. The van der Waals surface area contributed by atoms with Crippen LogP contribution < -0.4 is 5.32 Å². The zero-order chi connectivity index (χ0) is 14.4. The number of nitrogens with zero attached hydrogens (tertiary/aromatic N) is 3. The van der Waals surface area contributed by atoms with E-state index in [1.54, 1.807) is 0 Å². The number of rotatable bonds is 3. The number of alkyl halides is 2. The maximum Gasteiger partial charge on any atom is 0.249 e. The normalized spacial score (nSPS) is 25.6. The van der Waals surface area contributed by atoms with Crippen LogP contribution in [0.25, 0.3) is 0 Å². The monoisotopic (exact) mass is 286 g/mol. The molecule has 2 fully saturated rings. The summed E-state index contributed by atoms with van der Waals surface area (Å²) in [6, 6.07) is 0. The van der Waals surface area contributed by atoms with E-state index >= 15 is 0 Å². The molecule has 0 atom stereocenters. The van der Waals surface area contributed by atoms with Gasteiger partial charge in [0, 0.05) is 18.8 Å². The Morgan fingerprint density at radius 1 is 1.25 bits per heavy atom. The zero-order valence-electron chi connectivity index (χ0n) is 11.8. The van der Waals surface area contributed by atoms with Gasteiger partial charge in [-0.1, -0.05) is 5.16 Å². The second-order valence-electron chi connectivity index (χ2n) is 6.09. The molecule has 20 heavy (non-hydrogen) atoms. The van der Waals surface area contributed by atoms with Gasteiger partial charge in [0.2, 0.25) is 11.8 Å².